The highest BCUT2D eigenvalue weighted by molar-refractivity contribution is 6.00. The summed E-state index contributed by atoms with van der Waals surface area (Å²) in [5.41, 5.74) is -0.0468. The van der Waals surface area contributed by atoms with Gasteiger partial charge < -0.3 is 10.3 Å². The molecule has 0 atom stereocenters. The first kappa shape index (κ1) is 13.1. The number of alkyl halides is 5. The van der Waals surface area contributed by atoms with Crippen molar-refractivity contribution in [2.24, 2.45) is 0 Å². The van der Waals surface area contributed by atoms with E-state index in [9.17, 15) is 26.7 Å². The van der Waals surface area contributed by atoms with Crippen LogP contribution in [0.2, 0.25) is 0 Å². The molecule has 2 aromatic rings. The highest BCUT2D eigenvalue weighted by Gasteiger charge is 2.63. The highest BCUT2D eigenvalue weighted by Crippen LogP contribution is 2.36. The summed E-state index contributed by atoms with van der Waals surface area (Å²) in [6.45, 7) is 0. The van der Waals surface area contributed by atoms with Gasteiger partial charge in [0.1, 0.15) is 11.8 Å². The molecule has 2 aromatic heterocycles. The summed E-state index contributed by atoms with van der Waals surface area (Å²) in [7, 11) is 0. The molecule has 2 rings (SSSR count). The van der Waals surface area contributed by atoms with E-state index < -0.39 is 23.8 Å². The Morgan fingerprint density at radius 3 is 2.47 bits per heavy atom. The molecule has 1 amide bonds. The van der Waals surface area contributed by atoms with Crippen LogP contribution in [0.25, 0.3) is 11.2 Å². The lowest BCUT2D eigenvalue weighted by Gasteiger charge is -2.18. The molecule has 6 nitrogen and oxygen atoms in total. The van der Waals surface area contributed by atoms with Crippen LogP contribution in [0.1, 0.15) is 0 Å². The van der Waals surface area contributed by atoms with E-state index in [1.807, 2.05) is 0 Å². The van der Waals surface area contributed by atoms with Crippen molar-refractivity contribution < 1.29 is 26.7 Å². The van der Waals surface area contributed by atoms with Gasteiger partial charge in [0.15, 0.2) is 11.5 Å². The Labute approximate surface area is 101 Å². The SMILES string of the molecule is O=C(Nc1ncnc2nc[nH]c12)C(F)(F)C(F)(F)F. The minimum Gasteiger partial charge on any atom is -0.340 e. The summed E-state index contributed by atoms with van der Waals surface area (Å²) in [6, 6.07) is 0. The van der Waals surface area contributed by atoms with Gasteiger partial charge >= 0.3 is 18.0 Å². The second-order valence-corrected chi connectivity index (χ2v) is 3.35. The van der Waals surface area contributed by atoms with Gasteiger partial charge in [-0.3, -0.25) is 4.79 Å². The third kappa shape index (κ3) is 2.18. The van der Waals surface area contributed by atoms with Crippen LogP contribution >= 0.6 is 0 Å². The van der Waals surface area contributed by atoms with E-state index >= 15 is 0 Å². The van der Waals surface area contributed by atoms with Crippen molar-refractivity contribution in [1.82, 2.24) is 19.9 Å². The molecule has 0 aromatic carbocycles. The van der Waals surface area contributed by atoms with E-state index in [1.54, 1.807) is 0 Å². The number of rotatable bonds is 2. The molecule has 0 spiro atoms. The zero-order chi connectivity index (χ0) is 14.3. The largest absolute Gasteiger partial charge is 0.463 e. The summed E-state index contributed by atoms with van der Waals surface area (Å²) < 4.78 is 61.4. The minimum absolute atomic E-state index is 0.0145. The molecular formula is C8H4F5N5O. The van der Waals surface area contributed by atoms with Crippen LogP contribution in [0, 0.1) is 0 Å². The number of halogens is 5. The van der Waals surface area contributed by atoms with E-state index in [0.29, 0.717) is 0 Å². The van der Waals surface area contributed by atoms with Crippen LogP contribution in [0.15, 0.2) is 12.7 Å². The molecule has 0 aliphatic heterocycles. The van der Waals surface area contributed by atoms with Crippen molar-refractivity contribution >= 4 is 22.9 Å². The van der Waals surface area contributed by atoms with Crippen molar-refractivity contribution in [1.29, 1.82) is 0 Å². The molecule has 0 fully saturated rings. The number of H-pyrrole nitrogens is 1. The van der Waals surface area contributed by atoms with Gasteiger partial charge in [-0.1, -0.05) is 0 Å². The fraction of sp³-hybridized carbons (Fsp3) is 0.250. The number of nitrogens with zero attached hydrogens (tertiary/aromatic N) is 3. The standard InChI is InChI=1S/C8H4F5N5O/c9-7(10,8(11,12)13)6(19)18-5-3-4(15-1-14-3)16-2-17-5/h1-2H,(H2,14,15,16,17,18,19). The molecule has 102 valence electrons. The Morgan fingerprint density at radius 2 is 1.84 bits per heavy atom. The Morgan fingerprint density at radius 1 is 1.16 bits per heavy atom. The van der Waals surface area contributed by atoms with Gasteiger partial charge in [0, 0.05) is 0 Å². The average Bonchev–Trinajstić information content (AvgIpc) is 2.76. The summed E-state index contributed by atoms with van der Waals surface area (Å²) in [5, 5.41) is 1.39. The Balaban J connectivity index is 2.31. The number of hydrogen-bond donors (Lipinski definition) is 2. The third-order valence-electron chi connectivity index (χ3n) is 2.10. The molecule has 0 radical (unpaired) electrons. The van der Waals surface area contributed by atoms with Crippen LogP contribution < -0.4 is 5.32 Å². The molecule has 19 heavy (non-hydrogen) atoms. The third-order valence-corrected chi connectivity index (χ3v) is 2.10. The van der Waals surface area contributed by atoms with Gasteiger partial charge in [-0.25, -0.2) is 15.0 Å². The smallest absolute Gasteiger partial charge is 0.340 e. The van der Waals surface area contributed by atoms with Crippen molar-refractivity contribution in [3.63, 3.8) is 0 Å². The number of hydrogen-bond acceptors (Lipinski definition) is 4. The molecule has 0 aliphatic rings. The predicted octanol–water partition coefficient (Wildman–Crippen LogP) is 1.49. The van der Waals surface area contributed by atoms with E-state index in [-0.39, 0.29) is 11.2 Å². The Kier molecular flexibility index (Phi) is 2.83. The molecule has 0 saturated carbocycles. The van der Waals surface area contributed by atoms with Crippen LogP contribution in [-0.4, -0.2) is 37.9 Å². The summed E-state index contributed by atoms with van der Waals surface area (Å²) >= 11 is 0. The zero-order valence-electron chi connectivity index (χ0n) is 8.79. The van der Waals surface area contributed by atoms with Gasteiger partial charge in [0.05, 0.1) is 6.33 Å². The monoisotopic (exact) mass is 281 g/mol. The number of imidazole rings is 1. The molecule has 11 heteroatoms. The predicted molar refractivity (Wildman–Crippen MR) is 51.3 cm³/mol. The Bertz CT molecular complexity index is 621. The molecule has 0 aliphatic carbocycles. The van der Waals surface area contributed by atoms with Crippen molar-refractivity contribution in [3.05, 3.63) is 12.7 Å². The average molecular weight is 281 g/mol. The van der Waals surface area contributed by atoms with Crippen LogP contribution in [0.5, 0.6) is 0 Å². The quantitative estimate of drug-likeness (QED) is 0.817. The van der Waals surface area contributed by atoms with Crippen LogP contribution in [0.3, 0.4) is 0 Å². The maximum atomic E-state index is 12.7. The molecule has 2 N–H and O–H groups in total. The fourth-order valence-electron chi connectivity index (χ4n) is 1.17. The number of nitrogens with one attached hydrogen (secondary N) is 2. The number of anilines is 1. The van der Waals surface area contributed by atoms with Crippen LogP contribution in [-0.2, 0) is 4.79 Å². The van der Waals surface area contributed by atoms with Gasteiger partial charge in [0.25, 0.3) is 0 Å². The lowest BCUT2D eigenvalue weighted by Crippen LogP contribution is -2.47. The normalized spacial score (nSPS) is 12.7. The topological polar surface area (TPSA) is 83.6 Å². The molecule has 0 unspecified atom stereocenters. The van der Waals surface area contributed by atoms with E-state index in [4.69, 9.17) is 0 Å². The first-order valence-corrected chi connectivity index (χ1v) is 4.63. The van der Waals surface area contributed by atoms with E-state index in [1.165, 1.54) is 5.32 Å². The Hall–Kier alpha value is -2.33. The van der Waals surface area contributed by atoms with E-state index in [2.05, 4.69) is 19.9 Å². The highest BCUT2D eigenvalue weighted by atomic mass is 19.4. The summed E-state index contributed by atoms with van der Waals surface area (Å²) in [6.07, 6.45) is -4.00. The molecule has 0 saturated heterocycles. The number of fused-ring (bicyclic) bond motifs is 1. The second-order valence-electron chi connectivity index (χ2n) is 3.35. The van der Waals surface area contributed by atoms with Gasteiger partial charge in [-0.05, 0) is 0 Å². The van der Waals surface area contributed by atoms with Gasteiger partial charge in [-0.2, -0.15) is 22.0 Å². The van der Waals surface area contributed by atoms with Gasteiger partial charge in [-0.15, -0.1) is 0 Å². The number of carbonyl (C=O) groups is 1. The van der Waals surface area contributed by atoms with Crippen molar-refractivity contribution in [3.8, 4) is 0 Å². The zero-order valence-corrected chi connectivity index (χ0v) is 8.79. The molecular weight excluding hydrogens is 277 g/mol. The lowest BCUT2D eigenvalue weighted by atomic mass is 10.3. The minimum atomic E-state index is -5.99. The van der Waals surface area contributed by atoms with E-state index in [0.717, 1.165) is 12.7 Å². The first-order chi connectivity index (χ1) is 8.73. The number of aromatic amines is 1. The second kappa shape index (κ2) is 4.10. The maximum Gasteiger partial charge on any atom is 0.463 e. The first-order valence-electron chi connectivity index (χ1n) is 4.63. The molecule has 2 heterocycles. The van der Waals surface area contributed by atoms with Crippen molar-refractivity contribution in [2.45, 2.75) is 12.1 Å². The fourth-order valence-corrected chi connectivity index (χ4v) is 1.17. The van der Waals surface area contributed by atoms with Crippen LogP contribution in [0.4, 0.5) is 27.8 Å². The number of amides is 1. The summed E-state index contributed by atoms with van der Waals surface area (Å²) in [4.78, 5) is 24.0. The maximum absolute atomic E-state index is 12.7. The van der Waals surface area contributed by atoms with Crippen molar-refractivity contribution in [2.75, 3.05) is 5.32 Å². The number of aromatic nitrogens is 4. The molecule has 0 bridgehead atoms. The lowest BCUT2D eigenvalue weighted by molar-refractivity contribution is -0.267. The van der Waals surface area contributed by atoms with Gasteiger partial charge in [0.2, 0.25) is 0 Å². The summed E-state index contributed by atoms with van der Waals surface area (Å²) in [5.74, 6) is -8.57. The number of carbonyl (C=O) groups excluding carboxylic acids is 1.